The van der Waals surface area contributed by atoms with Crippen molar-refractivity contribution >= 4 is 5.97 Å². The zero-order chi connectivity index (χ0) is 15.6. The molecular formula is C20H26CsNO2. The van der Waals surface area contributed by atoms with Crippen LogP contribution in [0.15, 0.2) is 60.7 Å². The van der Waals surface area contributed by atoms with Crippen molar-refractivity contribution in [2.24, 2.45) is 0 Å². The van der Waals surface area contributed by atoms with Crippen molar-refractivity contribution in [3.63, 3.8) is 0 Å². The van der Waals surface area contributed by atoms with E-state index in [0.717, 1.165) is 25.1 Å². The summed E-state index contributed by atoms with van der Waals surface area (Å²) in [4.78, 5) is 13.9. The summed E-state index contributed by atoms with van der Waals surface area (Å²) >= 11 is 0. The van der Waals surface area contributed by atoms with E-state index < -0.39 is 0 Å². The SMILES string of the molecule is CN(CCCC(=O)OCc1ccccc1)Cc1ccccc1.[CH3-].[Cs+]. The van der Waals surface area contributed by atoms with Crippen LogP contribution in [-0.2, 0) is 22.7 Å². The summed E-state index contributed by atoms with van der Waals surface area (Å²) in [5, 5.41) is 0. The predicted molar refractivity (Wildman–Crippen MR) is 94.7 cm³/mol. The summed E-state index contributed by atoms with van der Waals surface area (Å²) in [5.74, 6) is -0.128. The molecule has 0 aromatic heterocycles. The van der Waals surface area contributed by atoms with Gasteiger partial charge in [0.25, 0.3) is 0 Å². The summed E-state index contributed by atoms with van der Waals surface area (Å²) < 4.78 is 5.27. The van der Waals surface area contributed by atoms with Crippen LogP contribution in [0, 0.1) is 7.43 Å². The maximum atomic E-state index is 11.7. The first-order valence-corrected chi connectivity index (χ1v) is 7.66. The molecule has 4 heteroatoms. The Bertz CT molecular complexity index is 560. The van der Waals surface area contributed by atoms with Crippen LogP contribution < -0.4 is 68.9 Å². The third-order valence-electron chi connectivity index (χ3n) is 3.46. The molecule has 0 saturated carbocycles. The number of rotatable bonds is 8. The first-order chi connectivity index (χ1) is 10.7. The van der Waals surface area contributed by atoms with Gasteiger partial charge in [-0.15, -0.1) is 0 Å². The van der Waals surface area contributed by atoms with Gasteiger partial charge < -0.3 is 17.1 Å². The maximum Gasteiger partial charge on any atom is 1.00 e. The molecule has 2 rings (SSSR count). The Hall–Kier alpha value is -0.0781. The maximum absolute atomic E-state index is 11.7. The smallest absolute Gasteiger partial charge is 0.461 e. The van der Waals surface area contributed by atoms with Gasteiger partial charge in [0.05, 0.1) is 0 Å². The van der Waals surface area contributed by atoms with E-state index in [4.69, 9.17) is 4.74 Å². The summed E-state index contributed by atoms with van der Waals surface area (Å²) in [5.41, 5.74) is 2.31. The van der Waals surface area contributed by atoms with Gasteiger partial charge >= 0.3 is 74.9 Å². The second kappa shape index (κ2) is 14.1. The molecule has 0 spiro atoms. The molecule has 0 bridgehead atoms. The number of hydrogen-bond donors (Lipinski definition) is 0. The van der Waals surface area contributed by atoms with Crippen LogP contribution >= 0.6 is 0 Å². The summed E-state index contributed by atoms with van der Waals surface area (Å²) in [6, 6.07) is 20.1. The second-order valence-electron chi connectivity index (χ2n) is 5.47. The van der Waals surface area contributed by atoms with E-state index >= 15 is 0 Å². The average molecular weight is 445 g/mol. The van der Waals surface area contributed by atoms with E-state index in [1.54, 1.807) is 0 Å². The molecule has 0 aliphatic rings. The van der Waals surface area contributed by atoms with Crippen LogP contribution in [0.25, 0.3) is 0 Å². The Morgan fingerprint density at radius 1 is 0.958 bits per heavy atom. The average Bonchev–Trinajstić information content (AvgIpc) is 2.55. The van der Waals surface area contributed by atoms with Gasteiger partial charge in [-0.25, -0.2) is 0 Å². The Kier molecular flexibility index (Phi) is 14.1. The van der Waals surface area contributed by atoms with Gasteiger partial charge in [-0.1, -0.05) is 60.7 Å². The van der Waals surface area contributed by atoms with Crippen molar-refractivity contribution in [3.8, 4) is 0 Å². The van der Waals surface area contributed by atoms with E-state index in [1.165, 1.54) is 5.56 Å². The van der Waals surface area contributed by atoms with Crippen LogP contribution in [0.1, 0.15) is 24.0 Å². The molecule has 0 unspecified atom stereocenters. The predicted octanol–water partition coefficient (Wildman–Crippen LogP) is 1.10. The van der Waals surface area contributed by atoms with Gasteiger partial charge in [-0.05, 0) is 31.1 Å². The van der Waals surface area contributed by atoms with Crippen molar-refractivity contribution < 1.29 is 78.4 Å². The minimum Gasteiger partial charge on any atom is -0.461 e. The number of hydrogen-bond acceptors (Lipinski definition) is 3. The van der Waals surface area contributed by atoms with Gasteiger partial charge in [0.2, 0.25) is 0 Å². The van der Waals surface area contributed by atoms with Crippen LogP contribution in [-0.4, -0.2) is 24.5 Å². The number of carbonyl (C=O) groups excluding carboxylic acids is 1. The van der Waals surface area contributed by atoms with Crippen molar-refractivity contribution in [3.05, 3.63) is 79.2 Å². The monoisotopic (exact) mass is 445 g/mol. The number of nitrogens with zero attached hydrogens (tertiary/aromatic N) is 1. The van der Waals surface area contributed by atoms with Crippen molar-refractivity contribution in [2.45, 2.75) is 26.0 Å². The Morgan fingerprint density at radius 2 is 1.50 bits per heavy atom. The third-order valence-corrected chi connectivity index (χ3v) is 3.46. The molecule has 0 N–H and O–H groups in total. The van der Waals surface area contributed by atoms with E-state index in [-0.39, 0.29) is 82.3 Å². The van der Waals surface area contributed by atoms with Crippen LogP contribution in [0.2, 0.25) is 0 Å². The topological polar surface area (TPSA) is 29.5 Å². The third kappa shape index (κ3) is 10.0. The molecular weight excluding hydrogens is 419 g/mol. The summed E-state index contributed by atoms with van der Waals surface area (Å²) in [7, 11) is 2.07. The molecule has 2 aromatic rings. The molecule has 0 atom stereocenters. The summed E-state index contributed by atoms with van der Waals surface area (Å²) in [6.45, 7) is 2.15. The standard InChI is InChI=1S/C19H23NO2.CH3.Cs/c1-20(15-17-9-4-2-5-10-17)14-8-13-19(21)22-16-18-11-6-3-7-12-18;;/h2-7,9-12H,8,13-16H2,1H3;1H3;/q;-1;+1. The Balaban J connectivity index is 0.00000264. The van der Waals surface area contributed by atoms with Gasteiger partial charge in [-0.2, -0.15) is 0 Å². The minimum absolute atomic E-state index is 0. The number of carbonyl (C=O) groups is 1. The van der Waals surface area contributed by atoms with E-state index in [2.05, 4.69) is 24.1 Å². The Labute approximate surface area is 205 Å². The molecule has 3 nitrogen and oxygen atoms in total. The van der Waals surface area contributed by atoms with Gasteiger partial charge in [0, 0.05) is 13.0 Å². The number of esters is 1. The molecule has 2 aromatic carbocycles. The Morgan fingerprint density at radius 3 is 2.08 bits per heavy atom. The molecule has 124 valence electrons. The molecule has 0 aliphatic carbocycles. The van der Waals surface area contributed by atoms with Crippen molar-refractivity contribution in [1.82, 2.24) is 4.90 Å². The first kappa shape index (κ1) is 23.9. The van der Waals surface area contributed by atoms with Gasteiger partial charge in [0.1, 0.15) is 6.61 Å². The number of ether oxygens (including phenoxy) is 1. The van der Waals surface area contributed by atoms with E-state index in [1.807, 2.05) is 48.5 Å². The molecule has 0 heterocycles. The quantitative estimate of drug-likeness (QED) is 0.451. The molecule has 0 fully saturated rings. The van der Waals surface area contributed by atoms with E-state index in [9.17, 15) is 4.79 Å². The zero-order valence-corrected chi connectivity index (χ0v) is 21.4. The molecule has 0 amide bonds. The normalized spacial score (nSPS) is 9.75. The van der Waals surface area contributed by atoms with E-state index in [0.29, 0.717) is 13.0 Å². The fourth-order valence-electron chi connectivity index (χ4n) is 2.28. The van der Waals surface area contributed by atoms with Gasteiger partial charge in [-0.3, -0.25) is 4.79 Å². The van der Waals surface area contributed by atoms with Gasteiger partial charge in [0.15, 0.2) is 0 Å². The molecule has 0 aliphatic heterocycles. The molecule has 24 heavy (non-hydrogen) atoms. The molecule has 0 radical (unpaired) electrons. The number of benzene rings is 2. The first-order valence-electron chi connectivity index (χ1n) is 7.66. The largest absolute Gasteiger partial charge is 1.00 e. The van der Waals surface area contributed by atoms with Crippen molar-refractivity contribution in [2.75, 3.05) is 13.6 Å². The minimum atomic E-state index is -0.128. The van der Waals surface area contributed by atoms with Crippen LogP contribution in [0.3, 0.4) is 0 Å². The fraction of sp³-hybridized carbons (Fsp3) is 0.300. The van der Waals surface area contributed by atoms with Crippen molar-refractivity contribution in [1.29, 1.82) is 0 Å². The van der Waals surface area contributed by atoms with Crippen LogP contribution in [0.4, 0.5) is 0 Å². The fourth-order valence-corrected chi connectivity index (χ4v) is 2.28. The second-order valence-corrected chi connectivity index (χ2v) is 5.47. The van der Waals surface area contributed by atoms with Crippen LogP contribution in [0.5, 0.6) is 0 Å². The summed E-state index contributed by atoms with van der Waals surface area (Å²) in [6.07, 6.45) is 1.28. The molecule has 0 saturated heterocycles. The zero-order valence-electron chi connectivity index (χ0n) is 15.1.